The molecular formula is C14H20Cl3NO4. The van der Waals surface area contributed by atoms with Crippen molar-refractivity contribution in [1.82, 2.24) is 4.90 Å². The highest BCUT2D eigenvalue weighted by molar-refractivity contribution is 6.43. The topological polar surface area (TPSA) is 70.0 Å². The molecule has 0 aliphatic carbocycles. The number of likely N-dealkylation sites (N-methyl/N-ethyl adjacent to an activating group) is 1. The van der Waals surface area contributed by atoms with Gasteiger partial charge in [0.1, 0.15) is 5.75 Å². The van der Waals surface area contributed by atoms with Crippen LogP contribution < -0.4 is 4.74 Å². The summed E-state index contributed by atoms with van der Waals surface area (Å²) in [6.07, 6.45) is 0. The molecule has 1 rings (SSSR count). The molecule has 0 aliphatic heterocycles. The lowest BCUT2D eigenvalue weighted by Crippen LogP contribution is -2.25. The van der Waals surface area contributed by atoms with Crippen molar-refractivity contribution < 1.29 is 19.7 Å². The molecule has 0 unspecified atom stereocenters. The Morgan fingerprint density at radius 2 is 1.68 bits per heavy atom. The molecule has 22 heavy (non-hydrogen) atoms. The van der Waals surface area contributed by atoms with Gasteiger partial charge in [0.25, 0.3) is 0 Å². The zero-order valence-corrected chi connectivity index (χ0v) is 14.8. The van der Waals surface area contributed by atoms with E-state index in [0.717, 1.165) is 19.6 Å². The van der Waals surface area contributed by atoms with Gasteiger partial charge in [0.2, 0.25) is 0 Å². The summed E-state index contributed by atoms with van der Waals surface area (Å²) in [5.41, 5.74) is 0. The fourth-order valence-electron chi connectivity index (χ4n) is 1.44. The molecular weight excluding hydrogens is 353 g/mol. The van der Waals surface area contributed by atoms with Crippen LogP contribution in [-0.4, -0.2) is 53.9 Å². The van der Waals surface area contributed by atoms with Gasteiger partial charge in [-0.05, 0) is 19.2 Å². The summed E-state index contributed by atoms with van der Waals surface area (Å²) < 4.78 is 4.86. The number of aliphatic hydroxyl groups excluding tert-OH is 1. The molecule has 0 fully saturated rings. The van der Waals surface area contributed by atoms with Crippen molar-refractivity contribution in [3.05, 3.63) is 27.2 Å². The molecule has 0 heterocycles. The molecule has 0 saturated heterocycles. The monoisotopic (exact) mass is 371 g/mol. The number of nitrogens with zero attached hydrogens (tertiary/aromatic N) is 1. The number of carboxylic acids is 1. The lowest BCUT2D eigenvalue weighted by atomic mass is 10.3. The second-order valence-electron chi connectivity index (χ2n) is 4.13. The number of ether oxygens (including phenoxy) is 1. The standard InChI is InChI=1S/C8H5Cl3O3.C6H15NO/c9-4-1-6(11)7(2-5(4)10)14-3-8(12)13;1-3-7(4-2)5-6-8/h1-2H,3H2,(H,12,13);8H,3-6H2,1-2H3. The molecule has 0 bridgehead atoms. The van der Waals surface area contributed by atoms with Crippen molar-refractivity contribution in [2.75, 3.05) is 32.8 Å². The van der Waals surface area contributed by atoms with Crippen LogP contribution in [0, 0.1) is 0 Å². The van der Waals surface area contributed by atoms with E-state index >= 15 is 0 Å². The van der Waals surface area contributed by atoms with Gasteiger partial charge in [0, 0.05) is 12.6 Å². The van der Waals surface area contributed by atoms with E-state index in [9.17, 15) is 4.79 Å². The SMILES string of the molecule is CCN(CC)CCO.O=C(O)COc1cc(Cl)c(Cl)cc1Cl. The first-order valence-corrected chi connectivity index (χ1v) is 7.81. The van der Waals surface area contributed by atoms with Gasteiger partial charge >= 0.3 is 5.97 Å². The lowest BCUT2D eigenvalue weighted by Gasteiger charge is -2.15. The number of halogens is 3. The molecule has 0 radical (unpaired) electrons. The van der Waals surface area contributed by atoms with Crippen molar-refractivity contribution in [1.29, 1.82) is 0 Å². The summed E-state index contributed by atoms with van der Waals surface area (Å²) in [4.78, 5) is 12.4. The molecule has 0 amide bonds. The zero-order chi connectivity index (χ0) is 17.1. The van der Waals surface area contributed by atoms with Gasteiger partial charge in [0.15, 0.2) is 6.61 Å². The normalized spacial score (nSPS) is 10.1. The van der Waals surface area contributed by atoms with E-state index in [4.69, 9.17) is 49.8 Å². The summed E-state index contributed by atoms with van der Waals surface area (Å²) in [5, 5.41) is 17.6. The molecule has 0 aliphatic rings. The average Bonchev–Trinajstić information content (AvgIpc) is 2.47. The van der Waals surface area contributed by atoms with Crippen molar-refractivity contribution in [3.8, 4) is 5.75 Å². The number of hydrogen-bond acceptors (Lipinski definition) is 4. The van der Waals surface area contributed by atoms with Gasteiger partial charge in [-0.25, -0.2) is 4.79 Å². The summed E-state index contributed by atoms with van der Waals surface area (Å²) in [6, 6.07) is 2.76. The molecule has 0 atom stereocenters. The highest BCUT2D eigenvalue weighted by Gasteiger charge is 2.08. The van der Waals surface area contributed by atoms with E-state index in [1.165, 1.54) is 12.1 Å². The summed E-state index contributed by atoms with van der Waals surface area (Å²) in [7, 11) is 0. The lowest BCUT2D eigenvalue weighted by molar-refractivity contribution is -0.139. The van der Waals surface area contributed by atoms with Crippen molar-refractivity contribution in [2.24, 2.45) is 0 Å². The third-order valence-electron chi connectivity index (χ3n) is 2.64. The van der Waals surface area contributed by atoms with Crippen molar-refractivity contribution in [2.45, 2.75) is 13.8 Å². The van der Waals surface area contributed by atoms with Crippen LogP contribution in [0.4, 0.5) is 0 Å². The van der Waals surface area contributed by atoms with Gasteiger partial charge in [-0.1, -0.05) is 48.7 Å². The smallest absolute Gasteiger partial charge is 0.341 e. The Balaban J connectivity index is 0.000000472. The third-order valence-corrected chi connectivity index (χ3v) is 3.65. The molecule has 0 aromatic heterocycles. The van der Waals surface area contributed by atoms with Crippen LogP contribution in [0.2, 0.25) is 15.1 Å². The van der Waals surface area contributed by atoms with E-state index in [1.54, 1.807) is 0 Å². The quantitative estimate of drug-likeness (QED) is 0.718. The predicted octanol–water partition coefficient (Wildman–Crippen LogP) is 3.43. The maximum atomic E-state index is 10.2. The molecule has 8 heteroatoms. The summed E-state index contributed by atoms with van der Waals surface area (Å²) >= 11 is 17.1. The van der Waals surface area contributed by atoms with E-state index in [2.05, 4.69) is 18.7 Å². The number of aliphatic carboxylic acids is 1. The van der Waals surface area contributed by atoms with E-state index < -0.39 is 12.6 Å². The molecule has 5 nitrogen and oxygen atoms in total. The predicted molar refractivity (Wildman–Crippen MR) is 89.5 cm³/mol. The molecule has 0 spiro atoms. The first-order valence-electron chi connectivity index (χ1n) is 6.67. The first-order chi connectivity index (χ1) is 10.3. The number of aliphatic hydroxyl groups is 1. The Morgan fingerprint density at radius 3 is 2.09 bits per heavy atom. The Labute approximate surface area is 145 Å². The van der Waals surface area contributed by atoms with E-state index in [1.807, 2.05) is 0 Å². The maximum absolute atomic E-state index is 10.2. The number of hydrogen-bond donors (Lipinski definition) is 2. The molecule has 0 saturated carbocycles. The average molecular weight is 373 g/mol. The van der Waals surface area contributed by atoms with Gasteiger partial charge < -0.3 is 19.8 Å². The van der Waals surface area contributed by atoms with Crippen LogP contribution in [0.5, 0.6) is 5.75 Å². The largest absolute Gasteiger partial charge is 0.480 e. The van der Waals surface area contributed by atoms with Crippen LogP contribution in [0.25, 0.3) is 0 Å². The number of carboxylic acid groups (broad SMARTS) is 1. The highest BCUT2D eigenvalue weighted by Crippen LogP contribution is 2.33. The van der Waals surface area contributed by atoms with Gasteiger partial charge in [-0.3, -0.25) is 0 Å². The minimum atomic E-state index is -1.09. The Hall–Kier alpha value is -0.720. The van der Waals surface area contributed by atoms with E-state index in [-0.39, 0.29) is 22.4 Å². The minimum absolute atomic E-state index is 0.198. The fourth-order valence-corrected chi connectivity index (χ4v) is 2.03. The second kappa shape index (κ2) is 11.8. The zero-order valence-electron chi connectivity index (χ0n) is 12.5. The Morgan fingerprint density at radius 1 is 1.14 bits per heavy atom. The first kappa shape index (κ1) is 21.3. The van der Waals surface area contributed by atoms with Gasteiger partial charge in [-0.2, -0.15) is 0 Å². The summed E-state index contributed by atoms with van der Waals surface area (Å²) in [5.74, 6) is -0.893. The highest BCUT2D eigenvalue weighted by atomic mass is 35.5. The molecule has 1 aromatic rings. The molecule has 2 N–H and O–H groups in total. The van der Waals surface area contributed by atoms with Crippen molar-refractivity contribution >= 4 is 40.8 Å². The summed E-state index contributed by atoms with van der Waals surface area (Å²) in [6.45, 7) is 6.89. The van der Waals surface area contributed by atoms with Crippen molar-refractivity contribution in [3.63, 3.8) is 0 Å². The maximum Gasteiger partial charge on any atom is 0.341 e. The van der Waals surface area contributed by atoms with Crippen LogP contribution >= 0.6 is 34.8 Å². The third kappa shape index (κ3) is 8.66. The fraction of sp³-hybridized carbons (Fsp3) is 0.500. The Bertz CT molecular complexity index is 468. The van der Waals surface area contributed by atoms with Crippen LogP contribution in [0.15, 0.2) is 12.1 Å². The minimum Gasteiger partial charge on any atom is -0.480 e. The van der Waals surface area contributed by atoms with Crippen LogP contribution in [0.3, 0.4) is 0 Å². The number of benzene rings is 1. The van der Waals surface area contributed by atoms with Crippen LogP contribution in [0.1, 0.15) is 13.8 Å². The van der Waals surface area contributed by atoms with E-state index in [0.29, 0.717) is 5.02 Å². The Kier molecular flexibility index (Phi) is 11.4. The van der Waals surface area contributed by atoms with Crippen LogP contribution in [-0.2, 0) is 4.79 Å². The van der Waals surface area contributed by atoms with Gasteiger partial charge in [0.05, 0.1) is 21.7 Å². The van der Waals surface area contributed by atoms with Gasteiger partial charge in [-0.15, -0.1) is 0 Å². The molecule has 1 aromatic carbocycles. The molecule has 126 valence electrons. The number of carbonyl (C=O) groups is 1. The second-order valence-corrected chi connectivity index (χ2v) is 5.35. The number of rotatable bonds is 7.